The van der Waals surface area contributed by atoms with Gasteiger partial charge in [-0.2, -0.15) is 13.2 Å². The number of carbonyl (C=O) groups excluding carboxylic acids is 4. The largest absolute Gasteiger partial charge is 0.493 e. The average molecular weight is 1330 g/mol. The summed E-state index contributed by atoms with van der Waals surface area (Å²) < 4.78 is 106. The highest BCUT2D eigenvalue weighted by Gasteiger charge is 2.36. The van der Waals surface area contributed by atoms with E-state index in [0.717, 1.165) is 50.9 Å². The number of halogens is 3. The molecular formula is C72H66B4F3N3O16. The molecule has 0 aliphatic carbocycles. The SMILES string of the molecule is C=O.CB1OCc2cc(Oc3ccc(C(C)=O)cc3C(F)(F)F)ccc21.CB1OCc2cc(Oc3ccc(C)c(C)n3)ccc21.COc1cc(Oc2ccc3c(c2)COB3C)ccc1OC=O.[C-]#[N+]c1ccc(Oc2cc(C(=O)OCC)ccc2Oc2ccc3c(c2)COB3C)nc1. The van der Waals surface area contributed by atoms with Crippen LogP contribution < -0.4 is 55.0 Å². The van der Waals surface area contributed by atoms with Gasteiger partial charge in [-0.25, -0.2) is 19.6 Å². The van der Waals surface area contributed by atoms with Crippen molar-refractivity contribution in [2.24, 2.45) is 0 Å². The second kappa shape index (κ2) is 32.8. The Hall–Kier alpha value is -10.7. The Bertz CT molecular complexity index is 4410. The first kappa shape index (κ1) is 71.6. The molecular weight excluding hydrogens is 1260 g/mol. The van der Waals surface area contributed by atoms with Crippen molar-refractivity contribution in [1.29, 1.82) is 0 Å². The third kappa shape index (κ3) is 18.0. The van der Waals surface area contributed by atoms with Crippen molar-refractivity contribution in [1.82, 2.24) is 9.97 Å². The van der Waals surface area contributed by atoms with Crippen LogP contribution in [-0.2, 0) is 65.5 Å². The number of methoxy groups -OCH3 is 1. The number of rotatable bonds is 16. The van der Waals surface area contributed by atoms with Crippen LogP contribution in [0.1, 0.15) is 73.6 Å². The topological polar surface area (TPSA) is 209 Å². The maximum absolute atomic E-state index is 13.3. The van der Waals surface area contributed by atoms with Crippen molar-refractivity contribution >= 4 is 80.2 Å². The molecule has 2 aromatic heterocycles. The smallest absolute Gasteiger partial charge is 0.420 e. The maximum atomic E-state index is 13.3. The van der Waals surface area contributed by atoms with Crippen molar-refractivity contribution in [2.75, 3.05) is 13.7 Å². The lowest BCUT2D eigenvalue weighted by atomic mass is 9.64. The van der Waals surface area contributed by atoms with Gasteiger partial charge in [-0.3, -0.25) is 9.59 Å². The van der Waals surface area contributed by atoms with Crippen LogP contribution in [0.2, 0.25) is 27.3 Å². The highest BCUT2D eigenvalue weighted by atomic mass is 19.4. The van der Waals surface area contributed by atoms with Gasteiger partial charge in [-0.05, 0) is 187 Å². The van der Waals surface area contributed by atoms with E-state index in [4.69, 9.17) is 67.9 Å². The lowest BCUT2D eigenvalue weighted by Crippen LogP contribution is -2.23. The quantitative estimate of drug-likeness (QED) is 0.0289. The van der Waals surface area contributed by atoms with E-state index in [-0.39, 0.29) is 51.5 Å². The molecule has 0 bridgehead atoms. The number of nitrogens with zero attached hydrogens (tertiary/aromatic N) is 3. The molecule has 98 heavy (non-hydrogen) atoms. The maximum Gasteiger partial charge on any atom is 0.420 e. The molecule has 26 heteroatoms. The zero-order valence-electron chi connectivity index (χ0n) is 55.1. The predicted octanol–water partition coefficient (Wildman–Crippen LogP) is 13.9. The van der Waals surface area contributed by atoms with Crippen LogP contribution >= 0.6 is 0 Å². The number of ether oxygens (including phenoxy) is 8. The summed E-state index contributed by atoms with van der Waals surface area (Å²) in [5, 5.41) is 0. The van der Waals surface area contributed by atoms with Crippen molar-refractivity contribution in [2.45, 2.75) is 87.6 Å². The monoisotopic (exact) mass is 1330 g/mol. The van der Waals surface area contributed by atoms with Gasteiger partial charge >= 0.3 is 39.8 Å². The molecule has 0 spiro atoms. The minimum Gasteiger partial charge on any atom is -0.493 e. The first-order valence-corrected chi connectivity index (χ1v) is 30.9. The molecule has 4 aliphatic rings. The number of alkyl halides is 3. The molecule has 13 rings (SSSR count). The Labute approximate surface area is 566 Å². The first-order chi connectivity index (χ1) is 47.2. The third-order valence-corrected chi connectivity index (χ3v) is 15.9. The number of hydrogen-bond donors (Lipinski definition) is 0. The molecule has 498 valence electrons. The van der Waals surface area contributed by atoms with Crippen LogP contribution in [0.25, 0.3) is 4.85 Å². The van der Waals surface area contributed by atoms with Crippen LogP contribution in [0.3, 0.4) is 0 Å². The number of aryl methyl sites for hydroxylation is 2. The van der Waals surface area contributed by atoms with Gasteiger partial charge < -0.3 is 61.3 Å². The minimum absolute atomic E-state index is 0.00847. The Balaban J connectivity index is 0.000000154. The lowest BCUT2D eigenvalue weighted by molar-refractivity contribution is -0.138. The highest BCUT2D eigenvalue weighted by Crippen LogP contribution is 2.41. The fourth-order valence-corrected chi connectivity index (χ4v) is 10.6. The fourth-order valence-electron chi connectivity index (χ4n) is 10.6. The summed E-state index contributed by atoms with van der Waals surface area (Å²) >= 11 is 0. The number of pyridine rings is 2. The molecule has 0 saturated heterocycles. The normalized spacial score (nSPS) is 12.7. The summed E-state index contributed by atoms with van der Waals surface area (Å²) in [6, 6.07) is 43.1. The van der Waals surface area contributed by atoms with Gasteiger partial charge in [0.1, 0.15) is 41.3 Å². The summed E-state index contributed by atoms with van der Waals surface area (Å²) in [5.41, 5.74) is 10.8. The zero-order valence-corrected chi connectivity index (χ0v) is 55.1. The van der Waals surface area contributed by atoms with E-state index < -0.39 is 23.5 Å². The van der Waals surface area contributed by atoms with E-state index in [1.54, 1.807) is 73.7 Å². The second-order valence-electron chi connectivity index (χ2n) is 22.5. The van der Waals surface area contributed by atoms with E-state index in [1.807, 2.05) is 102 Å². The fraction of sp³-hybridized carbons (Fsp3) is 0.208. The van der Waals surface area contributed by atoms with E-state index in [9.17, 15) is 27.6 Å². The molecule has 0 amide bonds. The molecule has 0 atom stereocenters. The number of Topliss-reactive ketones (excluding diaryl/α,β-unsaturated/α-hetero) is 1. The lowest BCUT2D eigenvalue weighted by Gasteiger charge is -2.15. The van der Waals surface area contributed by atoms with Gasteiger partial charge in [0.05, 0.1) is 57.8 Å². The van der Waals surface area contributed by atoms with Crippen LogP contribution in [0.5, 0.6) is 69.3 Å². The van der Waals surface area contributed by atoms with Gasteiger partial charge in [-0.1, -0.05) is 57.6 Å². The first-order valence-electron chi connectivity index (χ1n) is 30.9. The molecule has 9 aromatic rings. The number of ketones is 1. The number of carbonyl (C=O) groups is 4. The summed E-state index contributed by atoms with van der Waals surface area (Å²) in [6.45, 7) is 27.2. The molecule has 0 radical (unpaired) electrons. The van der Waals surface area contributed by atoms with Crippen LogP contribution in [0.15, 0.2) is 158 Å². The Morgan fingerprint density at radius 3 is 1.50 bits per heavy atom. The van der Waals surface area contributed by atoms with Crippen LogP contribution in [0, 0.1) is 20.4 Å². The standard InChI is InChI=1S/C23H19BN2O5.C17H14BF3O3.C16H15BO5.C15H16BNO2.CH2O/c1-4-28-23(27)15-5-9-20(21(12-15)31-22-10-6-17(25-3)13-26-22)30-18-7-8-19-16(11-18)14-29-24(19)2;1-10(22)11-3-6-16(14(8-11)17(19,20)21)24-13-4-5-15-12(7-13)9-23-18(15)2;1-17-14-5-3-12(7-11(14)9-21-17)22-13-4-6-15(20-10-18)16(8-13)19-2;1-10-4-7-15(17-11(10)2)19-13-5-6-14-12(8-13)9-18-16(14)3;1-2/h5-13H,4,14H2,1-2H3;3-8H,9H2,1-2H3;3-8,10H,9H2,1-2H3;4-8H,9H2,1-3H3;1H2. The summed E-state index contributed by atoms with van der Waals surface area (Å²) in [5.74, 6) is 4.24. The second-order valence-corrected chi connectivity index (χ2v) is 22.5. The van der Waals surface area contributed by atoms with Gasteiger partial charge in [0.25, 0.3) is 6.47 Å². The van der Waals surface area contributed by atoms with Crippen molar-refractivity contribution in [3.8, 4) is 69.3 Å². The summed E-state index contributed by atoms with van der Waals surface area (Å²) in [7, 11) is 1.50. The van der Waals surface area contributed by atoms with E-state index in [2.05, 4.69) is 27.7 Å². The Morgan fingerprint density at radius 2 is 1.03 bits per heavy atom. The molecule has 0 fully saturated rings. The molecule has 0 unspecified atom stereocenters. The predicted molar refractivity (Wildman–Crippen MR) is 365 cm³/mol. The molecule has 0 saturated carbocycles. The van der Waals surface area contributed by atoms with Crippen LogP contribution in [-0.4, -0.2) is 76.4 Å². The minimum atomic E-state index is -4.62. The van der Waals surface area contributed by atoms with Gasteiger partial charge in [-0.15, -0.1) is 0 Å². The van der Waals surface area contributed by atoms with Gasteiger partial charge in [0.2, 0.25) is 17.4 Å². The highest BCUT2D eigenvalue weighted by molar-refractivity contribution is 6.68. The number of fused-ring (bicyclic) bond motifs is 4. The van der Waals surface area contributed by atoms with E-state index >= 15 is 0 Å². The summed E-state index contributed by atoms with van der Waals surface area (Å²) in [4.78, 5) is 53.8. The molecule has 0 N–H and O–H groups in total. The van der Waals surface area contributed by atoms with Crippen molar-refractivity contribution in [3.05, 3.63) is 219 Å². The Morgan fingerprint density at radius 1 is 0.561 bits per heavy atom. The molecule has 4 aliphatic heterocycles. The number of hydrogen-bond acceptors (Lipinski definition) is 18. The van der Waals surface area contributed by atoms with Crippen LogP contribution in [0.4, 0.5) is 18.9 Å². The van der Waals surface area contributed by atoms with E-state index in [1.165, 1.54) is 54.4 Å². The van der Waals surface area contributed by atoms with Crippen molar-refractivity contribution < 1.29 is 88.9 Å². The van der Waals surface area contributed by atoms with Crippen molar-refractivity contribution in [3.63, 3.8) is 0 Å². The average Bonchev–Trinajstić information content (AvgIpc) is 1.12. The molecule has 6 heterocycles. The third-order valence-electron chi connectivity index (χ3n) is 15.9. The molecule has 7 aromatic carbocycles. The molecule has 19 nitrogen and oxygen atoms in total. The zero-order chi connectivity index (χ0) is 70.2. The van der Waals surface area contributed by atoms with Gasteiger partial charge in [0, 0.05) is 29.6 Å². The van der Waals surface area contributed by atoms with Gasteiger partial charge in [0.15, 0.2) is 28.8 Å². The summed E-state index contributed by atoms with van der Waals surface area (Å²) in [6.07, 6.45) is -3.20. The number of esters is 1. The van der Waals surface area contributed by atoms with E-state index in [0.29, 0.717) is 90.3 Å². The number of benzene rings is 7. The Kier molecular flexibility index (Phi) is 24.0. The number of aromatic nitrogens is 2.